The van der Waals surface area contributed by atoms with E-state index in [-0.39, 0.29) is 12.1 Å². The van der Waals surface area contributed by atoms with Crippen molar-refractivity contribution in [1.29, 1.82) is 0 Å². The van der Waals surface area contributed by atoms with Crippen LogP contribution in [0.4, 0.5) is 0 Å². The molecule has 1 unspecified atom stereocenters. The van der Waals surface area contributed by atoms with Crippen LogP contribution in [-0.2, 0) is 20.7 Å². The number of hydrogen-bond donors (Lipinski definition) is 1. The Hall–Kier alpha value is -1.39. The van der Waals surface area contributed by atoms with Crippen molar-refractivity contribution >= 4 is 5.97 Å². The quantitative estimate of drug-likeness (QED) is 0.793. The lowest BCUT2D eigenvalue weighted by atomic mass is 10.1. The van der Waals surface area contributed by atoms with E-state index in [1.54, 1.807) is 0 Å². The Bertz CT molecular complexity index is 388. The van der Waals surface area contributed by atoms with Crippen molar-refractivity contribution in [3.8, 4) is 0 Å². The lowest BCUT2D eigenvalue weighted by Gasteiger charge is -2.14. The van der Waals surface area contributed by atoms with Gasteiger partial charge in [-0.15, -0.1) is 0 Å². The van der Waals surface area contributed by atoms with E-state index in [4.69, 9.17) is 15.2 Å². The predicted octanol–water partition coefficient (Wildman–Crippen LogP) is 1.67. The summed E-state index contributed by atoms with van der Waals surface area (Å²) in [5.74, 6) is -0.327. The highest BCUT2D eigenvalue weighted by Gasteiger charge is 2.20. The Morgan fingerprint density at radius 1 is 1.42 bits per heavy atom. The van der Waals surface area contributed by atoms with Gasteiger partial charge < -0.3 is 15.2 Å². The molecule has 0 bridgehead atoms. The van der Waals surface area contributed by atoms with Gasteiger partial charge in [-0.05, 0) is 31.2 Å². The molecule has 1 saturated heterocycles. The highest BCUT2D eigenvalue weighted by Crippen LogP contribution is 2.12. The molecule has 4 heteroatoms. The van der Waals surface area contributed by atoms with Gasteiger partial charge in [0, 0.05) is 6.61 Å². The summed E-state index contributed by atoms with van der Waals surface area (Å²) in [5.41, 5.74) is 7.02. The highest BCUT2D eigenvalue weighted by molar-refractivity contribution is 5.75. The van der Waals surface area contributed by atoms with Gasteiger partial charge in [0.1, 0.15) is 12.6 Å². The first-order chi connectivity index (χ1) is 9.25. The van der Waals surface area contributed by atoms with E-state index in [9.17, 15) is 4.79 Å². The summed E-state index contributed by atoms with van der Waals surface area (Å²) in [4.78, 5) is 11.7. The van der Waals surface area contributed by atoms with Gasteiger partial charge in [-0.3, -0.25) is 4.79 Å². The average Bonchev–Trinajstić information content (AvgIpc) is 2.96. The number of ether oxygens (including phenoxy) is 2. The lowest BCUT2D eigenvalue weighted by molar-refractivity contribution is -0.148. The predicted molar refractivity (Wildman–Crippen MR) is 72.7 cm³/mol. The van der Waals surface area contributed by atoms with E-state index in [0.717, 1.165) is 25.9 Å². The molecule has 0 spiro atoms. The summed E-state index contributed by atoms with van der Waals surface area (Å²) in [6.07, 6.45) is 3.46. The fourth-order valence-electron chi connectivity index (χ4n) is 2.14. The molecule has 19 heavy (non-hydrogen) atoms. The minimum atomic E-state index is -0.554. The zero-order valence-electron chi connectivity index (χ0n) is 11.1. The second kappa shape index (κ2) is 7.26. The first-order valence-corrected chi connectivity index (χ1v) is 6.83. The molecule has 1 fully saturated rings. The van der Waals surface area contributed by atoms with Crippen molar-refractivity contribution in [2.45, 2.75) is 37.8 Å². The Labute approximate surface area is 113 Å². The van der Waals surface area contributed by atoms with Gasteiger partial charge in [-0.25, -0.2) is 0 Å². The van der Waals surface area contributed by atoms with Gasteiger partial charge in [0.15, 0.2) is 0 Å². The zero-order chi connectivity index (χ0) is 13.5. The second-order valence-electron chi connectivity index (χ2n) is 4.90. The fraction of sp³-hybridized carbons (Fsp3) is 0.533. The monoisotopic (exact) mass is 263 g/mol. The van der Waals surface area contributed by atoms with E-state index >= 15 is 0 Å². The fourth-order valence-corrected chi connectivity index (χ4v) is 2.14. The first-order valence-electron chi connectivity index (χ1n) is 6.83. The maximum atomic E-state index is 11.7. The van der Waals surface area contributed by atoms with Crippen LogP contribution in [0.5, 0.6) is 0 Å². The second-order valence-corrected chi connectivity index (χ2v) is 4.90. The molecular formula is C15H21NO3. The summed E-state index contributed by atoms with van der Waals surface area (Å²) < 4.78 is 10.6. The summed E-state index contributed by atoms with van der Waals surface area (Å²) in [6, 6.07) is 9.45. The van der Waals surface area contributed by atoms with Crippen molar-refractivity contribution in [1.82, 2.24) is 0 Å². The Morgan fingerprint density at radius 3 is 2.89 bits per heavy atom. The largest absolute Gasteiger partial charge is 0.462 e. The van der Waals surface area contributed by atoms with Gasteiger partial charge in [0.2, 0.25) is 0 Å². The first kappa shape index (κ1) is 14.0. The van der Waals surface area contributed by atoms with E-state index in [2.05, 4.69) is 0 Å². The molecule has 1 aliphatic rings. The van der Waals surface area contributed by atoms with Crippen LogP contribution in [0.25, 0.3) is 0 Å². The molecule has 1 aliphatic heterocycles. The minimum Gasteiger partial charge on any atom is -0.462 e. The number of hydrogen-bond acceptors (Lipinski definition) is 4. The van der Waals surface area contributed by atoms with Gasteiger partial charge in [0.25, 0.3) is 0 Å². The van der Waals surface area contributed by atoms with Crippen LogP contribution >= 0.6 is 0 Å². The van der Waals surface area contributed by atoms with Crippen LogP contribution < -0.4 is 5.73 Å². The number of aryl methyl sites for hydroxylation is 1. The zero-order valence-corrected chi connectivity index (χ0v) is 11.1. The van der Waals surface area contributed by atoms with Crippen molar-refractivity contribution in [2.24, 2.45) is 5.73 Å². The number of rotatable bonds is 6. The van der Waals surface area contributed by atoms with Crippen LogP contribution in [0, 0.1) is 0 Å². The molecule has 0 aromatic heterocycles. The van der Waals surface area contributed by atoms with Crippen LogP contribution in [-0.4, -0.2) is 31.3 Å². The maximum Gasteiger partial charge on any atom is 0.323 e. The summed E-state index contributed by atoms with van der Waals surface area (Å²) in [5, 5.41) is 0. The third kappa shape index (κ3) is 4.65. The maximum absolute atomic E-state index is 11.7. The summed E-state index contributed by atoms with van der Waals surface area (Å²) in [7, 11) is 0. The Kier molecular flexibility index (Phi) is 5.36. The highest BCUT2D eigenvalue weighted by atomic mass is 16.6. The Morgan fingerprint density at radius 2 is 2.21 bits per heavy atom. The number of esters is 1. The molecule has 0 amide bonds. The normalized spacial score (nSPS) is 20.2. The van der Waals surface area contributed by atoms with E-state index in [1.807, 2.05) is 30.3 Å². The minimum absolute atomic E-state index is 0.0604. The summed E-state index contributed by atoms with van der Waals surface area (Å²) >= 11 is 0. The standard InChI is InChI=1S/C15H21NO3/c16-14(9-8-12-5-2-1-3-6-12)15(17)19-11-13-7-4-10-18-13/h1-3,5-6,13-14H,4,7-11,16H2/t13?,14-/m0/s1. The average molecular weight is 263 g/mol. The molecule has 1 heterocycles. The van der Waals surface area contributed by atoms with E-state index < -0.39 is 6.04 Å². The van der Waals surface area contributed by atoms with Crippen molar-refractivity contribution in [3.63, 3.8) is 0 Å². The van der Waals surface area contributed by atoms with E-state index in [0.29, 0.717) is 13.0 Å². The van der Waals surface area contributed by atoms with Crippen molar-refractivity contribution in [3.05, 3.63) is 35.9 Å². The van der Waals surface area contributed by atoms with Crippen LogP contribution in [0.2, 0.25) is 0 Å². The Balaban J connectivity index is 1.67. The topological polar surface area (TPSA) is 61.6 Å². The number of carbonyl (C=O) groups is 1. The third-order valence-corrected chi connectivity index (χ3v) is 3.33. The molecule has 2 atom stereocenters. The smallest absolute Gasteiger partial charge is 0.323 e. The summed E-state index contributed by atoms with van der Waals surface area (Å²) in [6.45, 7) is 1.10. The number of benzene rings is 1. The molecule has 1 aromatic rings. The molecule has 0 radical (unpaired) electrons. The lowest BCUT2D eigenvalue weighted by Crippen LogP contribution is -2.34. The molecule has 104 valence electrons. The van der Waals surface area contributed by atoms with Gasteiger partial charge in [0.05, 0.1) is 6.10 Å². The SMILES string of the molecule is N[C@@H](CCc1ccccc1)C(=O)OCC1CCCO1. The molecule has 0 aliphatic carbocycles. The molecule has 4 nitrogen and oxygen atoms in total. The van der Waals surface area contributed by atoms with Gasteiger partial charge >= 0.3 is 5.97 Å². The molecular weight excluding hydrogens is 242 g/mol. The van der Waals surface area contributed by atoms with Crippen LogP contribution in [0.3, 0.4) is 0 Å². The molecule has 2 rings (SSSR count). The third-order valence-electron chi connectivity index (χ3n) is 3.33. The molecule has 2 N–H and O–H groups in total. The number of nitrogens with two attached hydrogens (primary N) is 1. The van der Waals surface area contributed by atoms with Crippen molar-refractivity contribution in [2.75, 3.05) is 13.2 Å². The van der Waals surface area contributed by atoms with Gasteiger partial charge in [-0.2, -0.15) is 0 Å². The molecule has 1 aromatic carbocycles. The molecule has 0 saturated carbocycles. The number of carbonyl (C=O) groups excluding carboxylic acids is 1. The van der Waals surface area contributed by atoms with Crippen LogP contribution in [0.1, 0.15) is 24.8 Å². The van der Waals surface area contributed by atoms with Gasteiger partial charge in [-0.1, -0.05) is 30.3 Å². The van der Waals surface area contributed by atoms with E-state index in [1.165, 1.54) is 5.56 Å². The van der Waals surface area contributed by atoms with Crippen molar-refractivity contribution < 1.29 is 14.3 Å². The van der Waals surface area contributed by atoms with Crippen LogP contribution in [0.15, 0.2) is 30.3 Å².